The van der Waals surface area contributed by atoms with Crippen molar-refractivity contribution in [3.63, 3.8) is 0 Å². The molecule has 1 atom stereocenters. The van der Waals surface area contributed by atoms with Crippen LogP contribution in [0.4, 0.5) is 0 Å². The van der Waals surface area contributed by atoms with E-state index in [-0.39, 0.29) is 11.6 Å². The fourth-order valence-electron chi connectivity index (χ4n) is 1.96. The molecule has 0 bridgehead atoms. The third-order valence-corrected chi connectivity index (χ3v) is 3.51. The molecule has 0 aliphatic rings. The quantitative estimate of drug-likeness (QED) is 0.716. The van der Waals surface area contributed by atoms with E-state index in [1.54, 1.807) is 17.8 Å². The Morgan fingerprint density at radius 1 is 1.45 bits per heavy atom. The van der Waals surface area contributed by atoms with Crippen molar-refractivity contribution in [3.05, 3.63) is 34.8 Å². The molecule has 0 saturated carbocycles. The Balaban J connectivity index is 1.81. The van der Waals surface area contributed by atoms with Crippen molar-refractivity contribution in [2.45, 2.75) is 25.9 Å². The zero-order valence-electron chi connectivity index (χ0n) is 11.9. The molecule has 1 unspecified atom stereocenters. The van der Waals surface area contributed by atoms with Crippen LogP contribution in [0.3, 0.4) is 0 Å². The summed E-state index contributed by atoms with van der Waals surface area (Å²) in [5.74, 6) is -1.38. The largest absolute Gasteiger partial charge is 0.477 e. The lowest BCUT2D eigenvalue weighted by Crippen LogP contribution is -2.33. The maximum Gasteiger partial charge on any atom is 0.354 e. The third-order valence-electron chi connectivity index (χ3n) is 3.10. The number of amides is 1. The van der Waals surface area contributed by atoms with E-state index in [1.165, 1.54) is 16.9 Å². The number of carboxylic acid groups (broad SMARTS) is 1. The molecule has 0 fully saturated rings. The lowest BCUT2D eigenvalue weighted by Gasteiger charge is -2.14. The Hall–Kier alpha value is -2.16. The van der Waals surface area contributed by atoms with Crippen molar-refractivity contribution in [3.8, 4) is 0 Å². The van der Waals surface area contributed by atoms with Crippen LogP contribution >= 0.6 is 15.9 Å². The smallest absolute Gasteiger partial charge is 0.354 e. The molecule has 2 aromatic heterocycles. The summed E-state index contributed by atoms with van der Waals surface area (Å²) in [7, 11) is 0. The maximum absolute atomic E-state index is 12.0. The fourth-order valence-corrected chi connectivity index (χ4v) is 2.29. The van der Waals surface area contributed by atoms with Gasteiger partial charge in [-0.3, -0.25) is 9.48 Å². The zero-order valence-corrected chi connectivity index (χ0v) is 13.5. The summed E-state index contributed by atoms with van der Waals surface area (Å²) in [6.07, 6.45) is 5.64. The number of aromatic carboxylic acids is 1. The lowest BCUT2D eigenvalue weighted by molar-refractivity contribution is -0.124. The Kier molecular flexibility index (Phi) is 5.31. The molecule has 22 heavy (non-hydrogen) atoms. The van der Waals surface area contributed by atoms with Crippen molar-refractivity contribution >= 4 is 27.8 Å². The summed E-state index contributed by atoms with van der Waals surface area (Å²) in [6, 6.07) is 0.682. The number of carbonyl (C=O) groups excluding carboxylic acids is 1. The minimum absolute atomic E-state index is 0.0101. The Labute approximate surface area is 135 Å². The molecule has 2 aromatic rings. The van der Waals surface area contributed by atoms with Gasteiger partial charge in [-0.2, -0.15) is 10.2 Å². The summed E-state index contributed by atoms with van der Waals surface area (Å²) < 4.78 is 3.88. The van der Waals surface area contributed by atoms with Crippen molar-refractivity contribution < 1.29 is 14.7 Å². The van der Waals surface area contributed by atoms with Crippen LogP contribution in [0.5, 0.6) is 0 Å². The van der Waals surface area contributed by atoms with Crippen LogP contribution in [0.15, 0.2) is 29.1 Å². The molecule has 0 spiro atoms. The molecule has 0 aromatic carbocycles. The minimum atomic E-state index is -1.11. The van der Waals surface area contributed by atoms with E-state index in [2.05, 4.69) is 31.4 Å². The van der Waals surface area contributed by atoms with E-state index in [4.69, 9.17) is 5.11 Å². The van der Waals surface area contributed by atoms with Crippen molar-refractivity contribution in [1.29, 1.82) is 0 Å². The third kappa shape index (κ3) is 3.94. The molecular formula is C13H16BrN5O3. The van der Waals surface area contributed by atoms with Gasteiger partial charge in [-0.15, -0.1) is 0 Å². The van der Waals surface area contributed by atoms with Crippen molar-refractivity contribution in [2.24, 2.45) is 0 Å². The van der Waals surface area contributed by atoms with E-state index in [0.29, 0.717) is 13.1 Å². The first kappa shape index (κ1) is 16.2. The standard InChI is InChI=1S/C13H16BrN5O3/c1-9(19-11(13(21)22)3-5-16-19)12(20)15-4-2-6-18-8-10(14)7-17-18/h3,5,7-9H,2,4,6H2,1H3,(H,15,20)(H,21,22). The Morgan fingerprint density at radius 3 is 2.86 bits per heavy atom. The van der Waals surface area contributed by atoms with Gasteiger partial charge in [0.1, 0.15) is 11.7 Å². The van der Waals surface area contributed by atoms with Crippen LogP contribution in [-0.4, -0.2) is 43.1 Å². The predicted molar refractivity (Wildman–Crippen MR) is 81.5 cm³/mol. The van der Waals surface area contributed by atoms with E-state index >= 15 is 0 Å². The summed E-state index contributed by atoms with van der Waals surface area (Å²) >= 11 is 3.31. The summed E-state index contributed by atoms with van der Waals surface area (Å²) in [4.78, 5) is 23.1. The summed E-state index contributed by atoms with van der Waals surface area (Å²) in [5.41, 5.74) is -0.0101. The first-order chi connectivity index (χ1) is 10.5. The summed E-state index contributed by atoms with van der Waals surface area (Å²) in [5, 5.41) is 19.8. The second-order valence-corrected chi connectivity index (χ2v) is 5.62. The van der Waals surface area contributed by atoms with Gasteiger partial charge in [0, 0.05) is 25.5 Å². The molecule has 8 nitrogen and oxygen atoms in total. The molecule has 118 valence electrons. The van der Waals surface area contributed by atoms with Crippen LogP contribution in [0, 0.1) is 0 Å². The fraction of sp³-hybridized carbons (Fsp3) is 0.385. The normalized spacial score (nSPS) is 12.1. The molecule has 2 heterocycles. The van der Waals surface area contributed by atoms with Gasteiger partial charge < -0.3 is 10.4 Å². The molecule has 1 amide bonds. The second kappa shape index (κ2) is 7.21. The molecule has 0 aliphatic carbocycles. The van der Waals surface area contributed by atoms with Crippen LogP contribution in [0.25, 0.3) is 0 Å². The number of aryl methyl sites for hydroxylation is 1. The van der Waals surface area contributed by atoms with Gasteiger partial charge in [-0.1, -0.05) is 0 Å². The van der Waals surface area contributed by atoms with Crippen LogP contribution in [0.1, 0.15) is 29.9 Å². The average Bonchev–Trinajstić information content (AvgIpc) is 3.11. The molecule has 0 aliphatic heterocycles. The van der Waals surface area contributed by atoms with Crippen LogP contribution in [0.2, 0.25) is 0 Å². The predicted octanol–water partition coefficient (Wildman–Crippen LogP) is 1.31. The molecule has 2 rings (SSSR count). The molecule has 9 heteroatoms. The number of nitrogens with one attached hydrogen (secondary N) is 1. The van der Waals surface area contributed by atoms with Crippen molar-refractivity contribution in [2.75, 3.05) is 6.54 Å². The number of hydrogen-bond donors (Lipinski definition) is 2. The molecule has 0 saturated heterocycles. The number of halogens is 1. The number of hydrogen-bond acceptors (Lipinski definition) is 4. The topological polar surface area (TPSA) is 102 Å². The monoisotopic (exact) mass is 369 g/mol. The number of rotatable bonds is 7. The van der Waals surface area contributed by atoms with Crippen LogP contribution in [-0.2, 0) is 11.3 Å². The molecule has 0 radical (unpaired) electrons. The van der Waals surface area contributed by atoms with E-state index in [0.717, 1.165) is 10.9 Å². The van der Waals surface area contributed by atoms with E-state index < -0.39 is 12.0 Å². The van der Waals surface area contributed by atoms with Gasteiger partial charge >= 0.3 is 5.97 Å². The van der Waals surface area contributed by atoms with Gasteiger partial charge in [-0.25, -0.2) is 9.48 Å². The highest BCUT2D eigenvalue weighted by molar-refractivity contribution is 9.10. The Bertz CT molecular complexity index is 666. The van der Waals surface area contributed by atoms with E-state index in [1.807, 2.05) is 6.20 Å². The highest BCUT2D eigenvalue weighted by atomic mass is 79.9. The number of carboxylic acids is 1. The number of carbonyl (C=O) groups is 2. The highest BCUT2D eigenvalue weighted by Crippen LogP contribution is 2.09. The lowest BCUT2D eigenvalue weighted by atomic mass is 10.3. The van der Waals surface area contributed by atoms with Gasteiger partial charge in [0.05, 0.1) is 10.7 Å². The first-order valence-electron chi connectivity index (χ1n) is 6.71. The van der Waals surface area contributed by atoms with E-state index in [9.17, 15) is 9.59 Å². The van der Waals surface area contributed by atoms with Gasteiger partial charge in [0.25, 0.3) is 0 Å². The van der Waals surface area contributed by atoms with Gasteiger partial charge in [0.2, 0.25) is 5.91 Å². The van der Waals surface area contributed by atoms with Gasteiger partial charge in [0.15, 0.2) is 0 Å². The first-order valence-corrected chi connectivity index (χ1v) is 7.51. The zero-order chi connectivity index (χ0) is 16.1. The highest BCUT2D eigenvalue weighted by Gasteiger charge is 2.20. The summed E-state index contributed by atoms with van der Waals surface area (Å²) in [6.45, 7) is 2.77. The Morgan fingerprint density at radius 2 is 2.23 bits per heavy atom. The number of nitrogens with zero attached hydrogens (tertiary/aromatic N) is 4. The number of aromatic nitrogens is 4. The average molecular weight is 370 g/mol. The SMILES string of the molecule is CC(C(=O)NCCCn1cc(Br)cn1)n1nccc1C(=O)O. The minimum Gasteiger partial charge on any atom is -0.477 e. The molecular weight excluding hydrogens is 354 g/mol. The maximum atomic E-state index is 12.0. The molecule has 2 N–H and O–H groups in total. The van der Waals surface area contributed by atoms with Crippen LogP contribution < -0.4 is 5.32 Å². The van der Waals surface area contributed by atoms with Crippen molar-refractivity contribution in [1.82, 2.24) is 24.9 Å². The van der Waals surface area contributed by atoms with Gasteiger partial charge in [-0.05, 0) is 35.3 Å². The second-order valence-electron chi connectivity index (χ2n) is 4.71.